The Bertz CT molecular complexity index is 993. The highest BCUT2D eigenvalue weighted by Crippen LogP contribution is 2.24. The number of nitrogens with one attached hydrogen (secondary N) is 1. The largest absolute Gasteiger partial charge is 0.325 e. The van der Waals surface area contributed by atoms with Crippen molar-refractivity contribution in [1.82, 2.24) is 0 Å². The van der Waals surface area contributed by atoms with Crippen LogP contribution >= 0.6 is 35.0 Å². The standard InChI is InChI=1S/C22H17Cl2NO2S/c23-17-8-4-5-15(11-17)13-28-14-21(26)25-20-10-9-18(24)12-19(20)22(27)16-6-2-1-3-7-16/h1-12H,13-14H2,(H,25,26). The van der Waals surface area contributed by atoms with E-state index in [-0.39, 0.29) is 17.4 Å². The van der Waals surface area contributed by atoms with E-state index in [4.69, 9.17) is 23.2 Å². The van der Waals surface area contributed by atoms with Gasteiger partial charge in [-0.1, -0.05) is 65.7 Å². The summed E-state index contributed by atoms with van der Waals surface area (Å²) in [5, 5.41) is 3.93. The van der Waals surface area contributed by atoms with E-state index in [9.17, 15) is 9.59 Å². The monoisotopic (exact) mass is 429 g/mol. The number of halogens is 2. The number of ketones is 1. The van der Waals surface area contributed by atoms with Crippen LogP contribution in [0.5, 0.6) is 0 Å². The number of hydrogen-bond acceptors (Lipinski definition) is 3. The van der Waals surface area contributed by atoms with Crippen molar-refractivity contribution >= 4 is 52.3 Å². The highest BCUT2D eigenvalue weighted by Gasteiger charge is 2.16. The summed E-state index contributed by atoms with van der Waals surface area (Å²) in [7, 11) is 0. The maximum Gasteiger partial charge on any atom is 0.234 e. The number of carbonyl (C=O) groups excluding carboxylic acids is 2. The van der Waals surface area contributed by atoms with Crippen LogP contribution in [0.15, 0.2) is 72.8 Å². The van der Waals surface area contributed by atoms with Crippen molar-refractivity contribution in [3.63, 3.8) is 0 Å². The number of benzene rings is 3. The van der Waals surface area contributed by atoms with E-state index in [1.165, 1.54) is 11.8 Å². The fourth-order valence-corrected chi connectivity index (χ4v) is 3.79. The van der Waals surface area contributed by atoms with Crippen molar-refractivity contribution in [2.45, 2.75) is 5.75 Å². The SMILES string of the molecule is O=C(CSCc1cccc(Cl)c1)Nc1ccc(Cl)cc1C(=O)c1ccccc1. The van der Waals surface area contributed by atoms with Crippen LogP contribution in [-0.4, -0.2) is 17.4 Å². The predicted molar refractivity (Wildman–Crippen MR) is 118 cm³/mol. The van der Waals surface area contributed by atoms with Gasteiger partial charge in [0, 0.05) is 26.9 Å². The van der Waals surface area contributed by atoms with Crippen LogP contribution in [0.25, 0.3) is 0 Å². The highest BCUT2D eigenvalue weighted by molar-refractivity contribution is 7.99. The Hall–Kier alpha value is -2.27. The molecule has 0 aliphatic heterocycles. The third-order valence-electron chi connectivity index (χ3n) is 3.93. The number of amides is 1. The van der Waals surface area contributed by atoms with E-state index in [2.05, 4.69) is 5.32 Å². The lowest BCUT2D eigenvalue weighted by Crippen LogP contribution is -2.17. The van der Waals surface area contributed by atoms with Crippen LogP contribution in [0.2, 0.25) is 10.0 Å². The van der Waals surface area contributed by atoms with Crippen molar-refractivity contribution in [2.75, 3.05) is 11.1 Å². The Balaban J connectivity index is 1.66. The van der Waals surface area contributed by atoms with Crippen LogP contribution in [0.4, 0.5) is 5.69 Å². The van der Waals surface area contributed by atoms with Gasteiger partial charge in [-0.2, -0.15) is 0 Å². The van der Waals surface area contributed by atoms with Crippen molar-refractivity contribution in [3.8, 4) is 0 Å². The van der Waals surface area contributed by atoms with Gasteiger partial charge in [0.2, 0.25) is 5.91 Å². The molecule has 6 heteroatoms. The van der Waals surface area contributed by atoms with Crippen LogP contribution in [0.3, 0.4) is 0 Å². The quantitative estimate of drug-likeness (QED) is 0.461. The number of thioether (sulfide) groups is 1. The average molecular weight is 430 g/mol. The zero-order chi connectivity index (χ0) is 19.9. The zero-order valence-electron chi connectivity index (χ0n) is 14.8. The molecule has 3 aromatic rings. The number of hydrogen-bond donors (Lipinski definition) is 1. The summed E-state index contributed by atoms with van der Waals surface area (Å²) < 4.78 is 0. The maximum absolute atomic E-state index is 12.8. The third-order valence-corrected chi connectivity index (χ3v) is 5.40. The lowest BCUT2D eigenvalue weighted by Gasteiger charge is -2.11. The third kappa shape index (κ3) is 5.61. The van der Waals surface area contributed by atoms with Gasteiger partial charge in [-0.25, -0.2) is 0 Å². The molecule has 0 fully saturated rings. The molecule has 0 unspecified atom stereocenters. The van der Waals surface area contributed by atoms with E-state index >= 15 is 0 Å². The van der Waals surface area contributed by atoms with Crippen molar-refractivity contribution in [2.24, 2.45) is 0 Å². The minimum atomic E-state index is -0.190. The summed E-state index contributed by atoms with van der Waals surface area (Å²) in [4.78, 5) is 25.2. The molecule has 1 N–H and O–H groups in total. The summed E-state index contributed by atoms with van der Waals surface area (Å²) in [5.74, 6) is 0.555. The first kappa shape index (κ1) is 20.5. The summed E-state index contributed by atoms with van der Waals surface area (Å²) >= 11 is 13.5. The predicted octanol–water partition coefficient (Wildman–Crippen LogP) is 6.10. The fourth-order valence-electron chi connectivity index (χ4n) is 2.63. The summed E-state index contributed by atoms with van der Waals surface area (Å²) in [6, 6.07) is 21.3. The molecule has 0 spiro atoms. The lowest BCUT2D eigenvalue weighted by molar-refractivity contribution is -0.113. The van der Waals surface area contributed by atoms with Gasteiger partial charge < -0.3 is 5.32 Å². The van der Waals surface area contributed by atoms with Crippen LogP contribution in [0.1, 0.15) is 21.5 Å². The summed E-state index contributed by atoms with van der Waals surface area (Å²) in [6.07, 6.45) is 0. The van der Waals surface area contributed by atoms with Crippen molar-refractivity contribution in [1.29, 1.82) is 0 Å². The summed E-state index contributed by atoms with van der Waals surface area (Å²) in [5.41, 5.74) is 2.41. The molecular formula is C22H17Cl2NO2S. The Kier molecular flexibility index (Phi) is 7.15. The second kappa shape index (κ2) is 9.78. The summed E-state index contributed by atoms with van der Waals surface area (Å²) in [6.45, 7) is 0. The molecule has 0 radical (unpaired) electrons. The first-order chi connectivity index (χ1) is 13.5. The van der Waals surface area contributed by atoms with Gasteiger partial charge in [-0.05, 0) is 35.9 Å². The van der Waals surface area contributed by atoms with Crippen LogP contribution in [-0.2, 0) is 10.5 Å². The molecule has 0 aromatic heterocycles. The molecule has 142 valence electrons. The minimum Gasteiger partial charge on any atom is -0.325 e. The van der Waals surface area contributed by atoms with Gasteiger partial charge >= 0.3 is 0 Å². The van der Waals surface area contributed by atoms with Gasteiger partial charge in [0.05, 0.1) is 11.4 Å². The highest BCUT2D eigenvalue weighted by atomic mass is 35.5. The Morgan fingerprint density at radius 3 is 2.36 bits per heavy atom. The molecule has 0 atom stereocenters. The Labute approximate surface area is 178 Å². The molecule has 0 heterocycles. The van der Waals surface area contributed by atoms with E-state index in [0.29, 0.717) is 32.6 Å². The molecule has 28 heavy (non-hydrogen) atoms. The van der Waals surface area contributed by atoms with Gasteiger partial charge in [-0.3, -0.25) is 9.59 Å². The molecular weight excluding hydrogens is 413 g/mol. The molecule has 0 saturated heterocycles. The van der Waals surface area contributed by atoms with Crippen molar-refractivity contribution < 1.29 is 9.59 Å². The molecule has 0 bridgehead atoms. The van der Waals surface area contributed by atoms with E-state index in [0.717, 1.165) is 5.56 Å². The average Bonchev–Trinajstić information content (AvgIpc) is 2.69. The number of carbonyl (C=O) groups is 2. The van der Waals surface area contributed by atoms with Crippen molar-refractivity contribution in [3.05, 3.63) is 99.5 Å². The smallest absolute Gasteiger partial charge is 0.234 e. The Morgan fingerprint density at radius 2 is 1.61 bits per heavy atom. The fraction of sp³-hybridized carbons (Fsp3) is 0.0909. The van der Waals surface area contributed by atoms with Gasteiger partial charge in [0.1, 0.15) is 0 Å². The molecule has 0 saturated carbocycles. The molecule has 0 aliphatic carbocycles. The first-order valence-electron chi connectivity index (χ1n) is 8.54. The van der Waals surface area contributed by atoms with Gasteiger partial charge in [0.25, 0.3) is 0 Å². The van der Waals surface area contributed by atoms with E-state index in [1.807, 2.05) is 30.3 Å². The van der Waals surface area contributed by atoms with E-state index < -0.39 is 0 Å². The van der Waals surface area contributed by atoms with Crippen LogP contribution < -0.4 is 5.32 Å². The Morgan fingerprint density at radius 1 is 0.857 bits per heavy atom. The second-order valence-corrected chi connectivity index (χ2v) is 7.91. The van der Waals surface area contributed by atoms with Gasteiger partial charge in [0.15, 0.2) is 5.78 Å². The van der Waals surface area contributed by atoms with Gasteiger partial charge in [-0.15, -0.1) is 11.8 Å². The topological polar surface area (TPSA) is 46.2 Å². The molecule has 0 aliphatic rings. The van der Waals surface area contributed by atoms with Crippen LogP contribution in [0, 0.1) is 0 Å². The van der Waals surface area contributed by atoms with E-state index in [1.54, 1.807) is 42.5 Å². The molecule has 1 amide bonds. The second-order valence-electron chi connectivity index (χ2n) is 6.06. The lowest BCUT2D eigenvalue weighted by atomic mass is 10.0. The normalized spacial score (nSPS) is 10.5. The molecule has 3 nitrogen and oxygen atoms in total. The molecule has 3 aromatic carbocycles. The maximum atomic E-state index is 12.8. The zero-order valence-corrected chi connectivity index (χ0v) is 17.2. The first-order valence-corrected chi connectivity index (χ1v) is 10.5. The number of anilines is 1. The molecule has 3 rings (SSSR count). The minimum absolute atomic E-state index is 0.184. The number of rotatable bonds is 7.